The largest absolute Gasteiger partial charge is 0.490 e. The maximum absolute atomic E-state index is 10.6. The fraction of sp³-hybridized carbons (Fsp3) is 0.500. The summed E-state index contributed by atoms with van der Waals surface area (Å²) in [6, 6.07) is 4.60. The first-order chi connectivity index (χ1) is 8.20. The quantitative estimate of drug-likeness (QED) is 0.643. The minimum atomic E-state index is -0.418. The number of nitro benzene ring substituents is 1. The molecule has 17 heavy (non-hydrogen) atoms. The molecule has 0 unspecified atom stereocenters. The minimum absolute atomic E-state index is 0.0595. The summed E-state index contributed by atoms with van der Waals surface area (Å²) in [7, 11) is 0. The van der Waals surface area contributed by atoms with Gasteiger partial charge in [-0.15, -0.1) is 0 Å². The molecule has 0 heterocycles. The monoisotopic (exact) mass is 236 g/mol. The van der Waals surface area contributed by atoms with Gasteiger partial charge < -0.3 is 10.5 Å². The molecule has 0 bridgehead atoms. The predicted molar refractivity (Wildman–Crippen MR) is 63.9 cm³/mol. The fourth-order valence-electron chi connectivity index (χ4n) is 2.14. The number of rotatable bonds is 4. The van der Waals surface area contributed by atoms with Gasteiger partial charge in [0.25, 0.3) is 5.69 Å². The summed E-state index contributed by atoms with van der Waals surface area (Å²) in [4.78, 5) is 10.2. The summed E-state index contributed by atoms with van der Waals surface area (Å²) in [6.07, 6.45) is 4.73. The summed E-state index contributed by atoms with van der Waals surface area (Å²) in [5, 5.41) is 10.6. The smallest absolute Gasteiger partial charge is 0.270 e. The zero-order chi connectivity index (χ0) is 12.3. The number of nitrogens with two attached hydrogens (primary N) is 1. The minimum Gasteiger partial charge on any atom is -0.490 e. The van der Waals surface area contributed by atoms with E-state index in [1.54, 1.807) is 6.07 Å². The van der Waals surface area contributed by atoms with Crippen molar-refractivity contribution < 1.29 is 9.66 Å². The standard InChI is InChI=1S/C12H16N2O3/c13-8-9-7-10(14(15)16)5-6-12(9)17-11-3-1-2-4-11/h5-7,11H,1-4,8,13H2. The topological polar surface area (TPSA) is 78.4 Å². The third-order valence-electron chi connectivity index (χ3n) is 3.07. The van der Waals surface area contributed by atoms with Gasteiger partial charge in [-0.3, -0.25) is 10.1 Å². The molecule has 1 aromatic rings. The van der Waals surface area contributed by atoms with Crippen molar-refractivity contribution in [3.63, 3.8) is 0 Å². The Kier molecular flexibility index (Phi) is 3.58. The molecular weight excluding hydrogens is 220 g/mol. The van der Waals surface area contributed by atoms with Gasteiger partial charge in [0.2, 0.25) is 0 Å². The first-order valence-electron chi connectivity index (χ1n) is 5.84. The Balaban J connectivity index is 2.18. The SMILES string of the molecule is NCc1cc([N+](=O)[O-])ccc1OC1CCCC1. The van der Waals surface area contributed by atoms with Crippen LogP contribution in [0.1, 0.15) is 31.2 Å². The van der Waals surface area contributed by atoms with Crippen LogP contribution in [-0.4, -0.2) is 11.0 Å². The second-order valence-electron chi connectivity index (χ2n) is 4.28. The number of non-ortho nitro benzene ring substituents is 1. The van der Waals surface area contributed by atoms with Crippen molar-refractivity contribution in [1.82, 2.24) is 0 Å². The number of hydrogen-bond donors (Lipinski definition) is 1. The van der Waals surface area contributed by atoms with Crippen molar-refractivity contribution in [3.05, 3.63) is 33.9 Å². The first kappa shape index (κ1) is 11.9. The molecule has 1 saturated carbocycles. The van der Waals surface area contributed by atoms with Crippen LogP contribution >= 0.6 is 0 Å². The van der Waals surface area contributed by atoms with Crippen LogP contribution in [0.3, 0.4) is 0 Å². The molecule has 2 N–H and O–H groups in total. The number of hydrogen-bond acceptors (Lipinski definition) is 4. The maximum atomic E-state index is 10.6. The zero-order valence-electron chi connectivity index (χ0n) is 9.59. The lowest BCUT2D eigenvalue weighted by Gasteiger charge is -2.15. The Morgan fingerprint density at radius 2 is 2.12 bits per heavy atom. The average Bonchev–Trinajstić information content (AvgIpc) is 2.82. The molecule has 0 spiro atoms. The molecule has 0 saturated heterocycles. The molecule has 0 aromatic heterocycles. The van der Waals surface area contributed by atoms with Crippen LogP contribution in [0.5, 0.6) is 5.75 Å². The number of nitrogens with zero attached hydrogens (tertiary/aromatic N) is 1. The molecule has 1 aliphatic rings. The number of benzene rings is 1. The maximum Gasteiger partial charge on any atom is 0.270 e. The van der Waals surface area contributed by atoms with Gasteiger partial charge in [-0.25, -0.2) is 0 Å². The Morgan fingerprint density at radius 1 is 1.41 bits per heavy atom. The highest BCUT2D eigenvalue weighted by molar-refractivity contribution is 5.43. The van der Waals surface area contributed by atoms with Crippen molar-refractivity contribution in [3.8, 4) is 5.75 Å². The summed E-state index contributed by atoms with van der Waals surface area (Å²) in [6.45, 7) is 0.254. The van der Waals surface area contributed by atoms with E-state index in [9.17, 15) is 10.1 Å². The molecule has 1 aromatic carbocycles. The van der Waals surface area contributed by atoms with Crippen molar-refractivity contribution >= 4 is 5.69 Å². The fourth-order valence-corrected chi connectivity index (χ4v) is 2.14. The Hall–Kier alpha value is -1.62. The lowest BCUT2D eigenvalue weighted by Crippen LogP contribution is -2.13. The van der Waals surface area contributed by atoms with Crippen molar-refractivity contribution in [2.24, 2.45) is 5.73 Å². The van der Waals surface area contributed by atoms with Crippen LogP contribution in [0.15, 0.2) is 18.2 Å². The van der Waals surface area contributed by atoms with E-state index >= 15 is 0 Å². The van der Waals surface area contributed by atoms with Crippen molar-refractivity contribution in [2.45, 2.75) is 38.3 Å². The Bertz CT molecular complexity index is 414. The van der Waals surface area contributed by atoms with E-state index in [1.807, 2.05) is 0 Å². The predicted octanol–water partition coefficient (Wildman–Crippen LogP) is 2.37. The lowest BCUT2D eigenvalue weighted by atomic mass is 10.1. The molecule has 92 valence electrons. The summed E-state index contributed by atoms with van der Waals surface area (Å²) < 4.78 is 5.83. The van der Waals surface area contributed by atoms with E-state index in [0.717, 1.165) is 12.8 Å². The van der Waals surface area contributed by atoms with Crippen LogP contribution in [0.4, 0.5) is 5.69 Å². The van der Waals surface area contributed by atoms with Gasteiger partial charge in [-0.2, -0.15) is 0 Å². The molecule has 0 aliphatic heterocycles. The van der Waals surface area contributed by atoms with Gasteiger partial charge in [-0.1, -0.05) is 0 Å². The highest BCUT2D eigenvalue weighted by Gasteiger charge is 2.18. The normalized spacial score (nSPS) is 16.1. The van der Waals surface area contributed by atoms with E-state index in [1.165, 1.54) is 25.0 Å². The van der Waals surface area contributed by atoms with Crippen LogP contribution < -0.4 is 10.5 Å². The third-order valence-corrected chi connectivity index (χ3v) is 3.07. The molecular formula is C12H16N2O3. The molecule has 1 fully saturated rings. The number of ether oxygens (including phenoxy) is 1. The molecule has 5 nitrogen and oxygen atoms in total. The van der Waals surface area contributed by atoms with Gasteiger partial charge in [0.1, 0.15) is 5.75 Å². The zero-order valence-corrected chi connectivity index (χ0v) is 9.59. The molecule has 0 atom stereocenters. The van der Waals surface area contributed by atoms with E-state index in [4.69, 9.17) is 10.5 Å². The van der Waals surface area contributed by atoms with Gasteiger partial charge in [0, 0.05) is 24.2 Å². The number of nitro groups is 1. The van der Waals surface area contributed by atoms with Crippen LogP contribution in [-0.2, 0) is 6.54 Å². The van der Waals surface area contributed by atoms with E-state index in [2.05, 4.69) is 0 Å². The lowest BCUT2D eigenvalue weighted by molar-refractivity contribution is -0.384. The Morgan fingerprint density at radius 3 is 2.71 bits per heavy atom. The van der Waals surface area contributed by atoms with E-state index in [0.29, 0.717) is 11.3 Å². The summed E-state index contributed by atoms with van der Waals surface area (Å²) in [5.41, 5.74) is 6.35. The molecule has 2 rings (SSSR count). The van der Waals surface area contributed by atoms with E-state index in [-0.39, 0.29) is 18.3 Å². The second kappa shape index (κ2) is 5.14. The van der Waals surface area contributed by atoms with Gasteiger partial charge >= 0.3 is 0 Å². The summed E-state index contributed by atoms with van der Waals surface area (Å²) in [5.74, 6) is 0.685. The molecule has 0 radical (unpaired) electrons. The molecule has 5 heteroatoms. The molecule has 0 amide bonds. The second-order valence-corrected chi connectivity index (χ2v) is 4.28. The molecule has 1 aliphatic carbocycles. The Labute approximate surface area is 99.7 Å². The van der Waals surface area contributed by atoms with Crippen LogP contribution in [0, 0.1) is 10.1 Å². The van der Waals surface area contributed by atoms with Gasteiger partial charge in [-0.05, 0) is 31.7 Å². The first-order valence-corrected chi connectivity index (χ1v) is 5.84. The van der Waals surface area contributed by atoms with E-state index < -0.39 is 4.92 Å². The van der Waals surface area contributed by atoms with Crippen LogP contribution in [0.25, 0.3) is 0 Å². The van der Waals surface area contributed by atoms with Gasteiger partial charge in [0.05, 0.1) is 11.0 Å². The highest BCUT2D eigenvalue weighted by atomic mass is 16.6. The van der Waals surface area contributed by atoms with Gasteiger partial charge in [0.15, 0.2) is 0 Å². The van der Waals surface area contributed by atoms with Crippen LogP contribution in [0.2, 0.25) is 0 Å². The summed E-state index contributed by atoms with van der Waals surface area (Å²) >= 11 is 0. The highest BCUT2D eigenvalue weighted by Crippen LogP contribution is 2.28. The average molecular weight is 236 g/mol. The third kappa shape index (κ3) is 2.74. The van der Waals surface area contributed by atoms with Crippen molar-refractivity contribution in [2.75, 3.05) is 0 Å². The van der Waals surface area contributed by atoms with Crippen molar-refractivity contribution in [1.29, 1.82) is 0 Å².